The fraction of sp³-hybridized carbons (Fsp3) is 0.0769. The van der Waals surface area contributed by atoms with E-state index in [0.717, 1.165) is 28.9 Å². The van der Waals surface area contributed by atoms with E-state index in [0.29, 0.717) is 0 Å². The summed E-state index contributed by atoms with van der Waals surface area (Å²) in [5, 5.41) is 9.28. The van der Waals surface area contributed by atoms with E-state index in [-0.39, 0.29) is 0 Å². The van der Waals surface area contributed by atoms with Gasteiger partial charge in [0.1, 0.15) is 0 Å². The van der Waals surface area contributed by atoms with Crippen molar-refractivity contribution in [2.45, 2.75) is 0 Å². The molecule has 0 bridgehead atoms. The first-order valence-corrected chi connectivity index (χ1v) is 4.98. The lowest BCUT2D eigenvalue weighted by Gasteiger charge is -2.00. The van der Waals surface area contributed by atoms with Crippen LogP contribution in [0.25, 0.3) is 21.8 Å². The largest absolute Gasteiger partial charge is 0.400 e. The molecule has 0 unspecified atom stereocenters. The zero-order valence-electron chi connectivity index (χ0n) is 8.96. The van der Waals surface area contributed by atoms with Crippen molar-refractivity contribution in [3.8, 4) is 0 Å². The summed E-state index contributed by atoms with van der Waals surface area (Å²) in [7, 11) is 1.00. The third kappa shape index (κ3) is 1.73. The van der Waals surface area contributed by atoms with Crippen molar-refractivity contribution < 1.29 is 5.11 Å². The summed E-state index contributed by atoms with van der Waals surface area (Å²) in [6, 6.07) is 12.1. The van der Waals surface area contributed by atoms with E-state index in [1.165, 1.54) is 0 Å². The molecule has 3 heteroatoms. The maximum atomic E-state index is 7.00. The third-order valence-corrected chi connectivity index (χ3v) is 2.34. The van der Waals surface area contributed by atoms with Crippen molar-refractivity contribution >= 4 is 21.8 Å². The van der Waals surface area contributed by atoms with Gasteiger partial charge in [-0.2, -0.15) is 0 Å². The molecule has 0 spiro atoms. The van der Waals surface area contributed by atoms with E-state index in [1.54, 1.807) is 12.4 Å². The second-order valence-corrected chi connectivity index (χ2v) is 3.22. The Hall–Kier alpha value is -2.00. The van der Waals surface area contributed by atoms with Crippen molar-refractivity contribution in [3.05, 3.63) is 48.8 Å². The molecule has 3 aromatic rings. The maximum absolute atomic E-state index is 7.00. The van der Waals surface area contributed by atoms with Gasteiger partial charge in [-0.15, -0.1) is 0 Å². The molecule has 2 aromatic heterocycles. The van der Waals surface area contributed by atoms with Gasteiger partial charge >= 0.3 is 0 Å². The molecule has 80 valence electrons. The second-order valence-electron chi connectivity index (χ2n) is 3.22. The molecule has 3 rings (SSSR count). The van der Waals surface area contributed by atoms with E-state index in [9.17, 15) is 0 Å². The number of aromatic nitrogens is 2. The molecule has 0 aliphatic heterocycles. The van der Waals surface area contributed by atoms with Gasteiger partial charge in [-0.3, -0.25) is 9.97 Å². The monoisotopic (exact) mass is 212 g/mol. The van der Waals surface area contributed by atoms with Crippen LogP contribution in [0.3, 0.4) is 0 Å². The van der Waals surface area contributed by atoms with Crippen LogP contribution in [0, 0.1) is 0 Å². The number of fused-ring (bicyclic) bond motifs is 3. The van der Waals surface area contributed by atoms with Crippen LogP contribution in [0.2, 0.25) is 0 Å². The SMILES string of the molecule is CO.c1cnc2c(c1)ccc1cccnc12. The zero-order chi connectivity index (χ0) is 11.4. The van der Waals surface area contributed by atoms with Gasteiger partial charge < -0.3 is 5.11 Å². The molecule has 0 aliphatic carbocycles. The summed E-state index contributed by atoms with van der Waals surface area (Å²) in [6.07, 6.45) is 3.60. The van der Waals surface area contributed by atoms with E-state index in [1.807, 2.05) is 12.1 Å². The van der Waals surface area contributed by atoms with Crippen molar-refractivity contribution in [1.29, 1.82) is 0 Å². The molecule has 1 N–H and O–H groups in total. The van der Waals surface area contributed by atoms with Crippen LogP contribution >= 0.6 is 0 Å². The lowest BCUT2D eigenvalue weighted by Crippen LogP contribution is -1.83. The molecule has 1 aromatic carbocycles. The van der Waals surface area contributed by atoms with Gasteiger partial charge in [0.25, 0.3) is 0 Å². The van der Waals surface area contributed by atoms with E-state index < -0.39 is 0 Å². The minimum absolute atomic E-state index is 0.977. The van der Waals surface area contributed by atoms with Gasteiger partial charge in [0, 0.05) is 30.3 Å². The van der Waals surface area contributed by atoms with Gasteiger partial charge in [-0.25, -0.2) is 0 Å². The van der Waals surface area contributed by atoms with Crippen LogP contribution in [0.15, 0.2) is 48.8 Å². The van der Waals surface area contributed by atoms with Gasteiger partial charge in [0.2, 0.25) is 0 Å². The second kappa shape index (κ2) is 4.68. The Morgan fingerprint density at radius 3 is 1.62 bits per heavy atom. The molecule has 16 heavy (non-hydrogen) atoms. The highest BCUT2D eigenvalue weighted by Crippen LogP contribution is 2.20. The average Bonchev–Trinajstić information content (AvgIpc) is 2.41. The first-order chi connectivity index (χ1) is 7.95. The summed E-state index contributed by atoms with van der Waals surface area (Å²) in [6.45, 7) is 0. The summed E-state index contributed by atoms with van der Waals surface area (Å²) in [5.74, 6) is 0. The smallest absolute Gasteiger partial charge is 0.0964 e. The lowest BCUT2D eigenvalue weighted by molar-refractivity contribution is 0.399. The minimum Gasteiger partial charge on any atom is -0.400 e. The highest BCUT2D eigenvalue weighted by molar-refractivity contribution is 6.02. The fourth-order valence-electron chi connectivity index (χ4n) is 1.68. The number of pyridine rings is 2. The van der Waals surface area contributed by atoms with Crippen molar-refractivity contribution in [2.75, 3.05) is 7.11 Å². The van der Waals surface area contributed by atoms with Gasteiger partial charge in [0.15, 0.2) is 0 Å². The number of rotatable bonds is 0. The number of aliphatic hydroxyl groups excluding tert-OH is 1. The first kappa shape index (κ1) is 10.5. The lowest BCUT2D eigenvalue weighted by atomic mass is 10.1. The molecular weight excluding hydrogens is 200 g/mol. The van der Waals surface area contributed by atoms with Crippen LogP contribution in [0.4, 0.5) is 0 Å². The molecule has 0 radical (unpaired) electrons. The summed E-state index contributed by atoms with van der Waals surface area (Å²) < 4.78 is 0. The van der Waals surface area contributed by atoms with E-state index >= 15 is 0 Å². The number of nitrogens with zero attached hydrogens (tertiary/aromatic N) is 2. The Balaban J connectivity index is 0.000000457. The molecule has 0 atom stereocenters. The molecular formula is C13H12N2O. The molecule has 2 heterocycles. The third-order valence-electron chi connectivity index (χ3n) is 2.34. The number of benzene rings is 1. The Morgan fingerprint density at radius 1 is 0.750 bits per heavy atom. The molecule has 3 nitrogen and oxygen atoms in total. The fourth-order valence-corrected chi connectivity index (χ4v) is 1.68. The Labute approximate surface area is 93.4 Å². The number of hydrogen-bond acceptors (Lipinski definition) is 3. The van der Waals surface area contributed by atoms with Crippen molar-refractivity contribution in [3.63, 3.8) is 0 Å². The normalized spacial score (nSPS) is 9.88. The molecule has 0 aliphatic rings. The summed E-state index contributed by atoms with van der Waals surface area (Å²) >= 11 is 0. The van der Waals surface area contributed by atoms with Crippen LogP contribution in [0.5, 0.6) is 0 Å². The topological polar surface area (TPSA) is 46.0 Å². The first-order valence-electron chi connectivity index (χ1n) is 4.98. The van der Waals surface area contributed by atoms with E-state index in [2.05, 4.69) is 34.2 Å². The number of aliphatic hydroxyl groups is 1. The highest BCUT2D eigenvalue weighted by atomic mass is 16.2. The molecule has 0 saturated heterocycles. The quantitative estimate of drug-likeness (QED) is 0.582. The van der Waals surface area contributed by atoms with Gasteiger partial charge in [-0.05, 0) is 12.1 Å². The van der Waals surface area contributed by atoms with Crippen molar-refractivity contribution in [2.24, 2.45) is 0 Å². The van der Waals surface area contributed by atoms with E-state index in [4.69, 9.17) is 5.11 Å². The van der Waals surface area contributed by atoms with Gasteiger partial charge in [-0.1, -0.05) is 24.3 Å². The molecule has 0 fully saturated rings. The zero-order valence-corrected chi connectivity index (χ0v) is 8.96. The standard InChI is InChI=1S/C12H8N2.CH4O/c1-3-9-5-6-10-4-2-8-14-12(10)11(9)13-7-1;1-2/h1-8H;2H,1H3. The van der Waals surface area contributed by atoms with Crippen LogP contribution in [0.1, 0.15) is 0 Å². The van der Waals surface area contributed by atoms with Crippen LogP contribution < -0.4 is 0 Å². The predicted octanol–water partition coefficient (Wildman–Crippen LogP) is 2.39. The predicted molar refractivity (Wildman–Crippen MR) is 65.2 cm³/mol. The highest BCUT2D eigenvalue weighted by Gasteiger charge is 2.00. The number of hydrogen-bond donors (Lipinski definition) is 1. The minimum atomic E-state index is 0.977. The Kier molecular flexibility index (Phi) is 3.08. The van der Waals surface area contributed by atoms with Crippen LogP contribution in [-0.2, 0) is 0 Å². The summed E-state index contributed by atoms with van der Waals surface area (Å²) in [4.78, 5) is 8.69. The summed E-state index contributed by atoms with van der Waals surface area (Å²) in [5.41, 5.74) is 1.95. The molecule has 0 amide bonds. The molecule has 0 saturated carbocycles. The van der Waals surface area contributed by atoms with Crippen LogP contribution in [-0.4, -0.2) is 22.2 Å². The van der Waals surface area contributed by atoms with Crippen molar-refractivity contribution in [1.82, 2.24) is 9.97 Å². The maximum Gasteiger partial charge on any atom is 0.0964 e. The Morgan fingerprint density at radius 2 is 1.19 bits per heavy atom. The Bertz CT molecular complexity index is 553. The average molecular weight is 212 g/mol. The van der Waals surface area contributed by atoms with Gasteiger partial charge in [0.05, 0.1) is 11.0 Å².